The zero-order chi connectivity index (χ0) is 24.9. The van der Waals surface area contributed by atoms with Gasteiger partial charge in [0.05, 0.1) is 12.1 Å². The van der Waals surface area contributed by atoms with Gasteiger partial charge in [-0.25, -0.2) is 0 Å². The number of phenolic OH excluding ortho intramolecular Hbond substituents is 2. The highest BCUT2D eigenvalue weighted by Gasteiger charge is 2.20. The highest BCUT2D eigenvalue weighted by Crippen LogP contribution is 2.28. The SMILES string of the molecule is CC(C)(C)Cc1ccc(O)c(C=NC2CCC(N=Cc3cc(CC(C)(C)C)ccc3O)CC2)c1. The monoisotopic (exact) mass is 462 g/mol. The summed E-state index contributed by atoms with van der Waals surface area (Å²) >= 11 is 0. The number of rotatable bonds is 6. The lowest BCUT2D eigenvalue weighted by molar-refractivity contribution is 0.399. The van der Waals surface area contributed by atoms with E-state index in [2.05, 4.69) is 53.7 Å². The molecular weight excluding hydrogens is 420 g/mol. The molecule has 0 aromatic heterocycles. The van der Waals surface area contributed by atoms with E-state index < -0.39 is 0 Å². The van der Waals surface area contributed by atoms with Crippen molar-refractivity contribution < 1.29 is 10.2 Å². The lowest BCUT2D eigenvalue weighted by Crippen LogP contribution is -2.20. The largest absolute Gasteiger partial charge is 0.507 e. The van der Waals surface area contributed by atoms with Gasteiger partial charge >= 0.3 is 0 Å². The van der Waals surface area contributed by atoms with Crippen LogP contribution in [0.15, 0.2) is 46.4 Å². The first-order chi connectivity index (χ1) is 15.9. The van der Waals surface area contributed by atoms with Gasteiger partial charge in [-0.15, -0.1) is 0 Å². The third-order valence-electron chi connectivity index (χ3n) is 6.17. The molecule has 0 unspecified atom stereocenters. The Morgan fingerprint density at radius 1 is 0.676 bits per heavy atom. The van der Waals surface area contributed by atoms with Gasteiger partial charge in [-0.1, -0.05) is 53.7 Å². The van der Waals surface area contributed by atoms with E-state index in [1.165, 1.54) is 11.1 Å². The van der Waals surface area contributed by atoms with Crippen molar-refractivity contribution in [1.82, 2.24) is 0 Å². The van der Waals surface area contributed by atoms with Crippen molar-refractivity contribution in [2.75, 3.05) is 0 Å². The van der Waals surface area contributed by atoms with E-state index in [0.717, 1.165) is 49.7 Å². The van der Waals surface area contributed by atoms with Gasteiger partial charge < -0.3 is 10.2 Å². The number of hydrogen-bond acceptors (Lipinski definition) is 4. The van der Waals surface area contributed by atoms with E-state index in [-0.39, 0.29) is 34.4 Å². The fourth-order valence-electron chi connectivity index (χ4n) is 4.59. The third-order valence-corrected chi connectivity index (χ3v) is 6.17. The summed E-state index contributed by atoms with van der Waals surface area (Å²) in [6.45, 7) is 13.3. The number of benzene rings is 2. The minimum absolute atomic E-state index is 0.203. The van der Waals surface area contributed by atoms with E-state index in [9.17, 15) is 10.2 Å². The van der Waals surface area contributed by atoms with Crippen molar-refractivity contribution in [3.05, 3.63) is 58.7 Å². The standard InChI is InChI=1S/C30H42N2O2/c1-29(2,3)17-21-7-13-27(33)23(15-21)19-31-25-9-11-26(12-10-25)32-20-24-16-22(8-14-28(24)34)18-30(4,5)6/h7-8,13-16,19-20,25-26,33-34H,9-12,17-18H2,1-6H3. The van der Waals surface area contributed by atoms with E-state index in [4.69, 9.17) is 9.98 Å². The number of phenols is 2. The number of aliphatic imine (C=N–C) groups is 2. The number of hydrogen-bond donors (Lipinski definition) is 2. The van der Waals surface area contributed by atoms with Crippen LogP contribution in [0.4, 0.5) is 0 Å². The van der Waals surface area contributed by atoms with Crippen molar-refractivity contribution in [2.45, 2.75) is 92.2 Å². The third kappa shape index (κ3) is 8.30. The molecule has 2 N–H and O–H groups in total. The molecule has 0 radical (unpaired) electrons. The molecule has 1 saturated carbocycles. The number of nitrogens with zero attached hydrogens (tertiary/aromatic N) is 2. The van der Waals surface area contributed by atoms with E-state index in [1.54, 1.807) is 12.1 Å². The fraction of sp³-hybridized carbons (Fsp3) is 0.533. The molecule has 0 aliphatic heterocycles. The summed E-state index contributed by atoms with van der Waals surface area (Å²) in [5, 5.41) is 20.5. The molecule has 0 atom stereocenters. The van der Waals surface area contributed by atoms with E-state index >= 15 is 0 Å². The maximum absolute atomic E-state index is 10.3. The predicted octanol–water partition coefficient (Wildman–Crippen LogP) is 7.12. The van der Waals surface area contributed by atoms with Crippen LogP contribution in [0.25, 0.3) is 0 Å². The van der Waals surface area contributed by atoms with Crippen LogP contribution < -0.4 is 0 Å². The Labute approximate surface area is 205 Å². The van der Waals surface area contributed by atoms with Crippen LogP contribution in [-0.2, 0) is 12.8 Å². The molecule has 1 fully saturated rings. The molecule has 3 rings (SSSR count). The highest BCUT2D eigenvalue weighted by molar-refractivity contribution is 5.84. The first-order valence-electron chi connectivity index (χ1n) is 12.6. The summed E-state index contributed by atoms with van der Waals surface area (Å²) in [6.07, 6.45) is 9.54. The van der Waals surface area contributed by atoms with Gasteiger partial charge in [0.2, 0.25) is 0 Å². The smallest absolute Gasteiger partial charge is 0.124 e. The Bertz CT molecular complexity index is 934. The Hall–Kier alpha value is -2.62. The molecule has 0 heterocycles. The second-order valence-electron chi connectivity index (χ2n) is 12.3. The lowest BCUT2D eigenvalue weighted by Gasteiger charge is -2.23. The summed E-state index contributed by atoms with van der Waals surface area (Å²) in [5.74, 6) is 0.571. The predicted molar refractivity (Wildman–Crippen MR) is 144 cm³/mol. The Kier molecular flexibility index (Phi) is 8.22. The van der Waals surface area contributed by atoms with Crippen molar-refractivity contribution in [2.24, 2.45) is 20.8 Å². The first-order valence-corrected chi connectivity index (χ1v) is 12.6. The second-order valence-corrected chi connectivity index (χ2v) is 12.3. The first kappa shape index (κ1) is 26.0. The van der Waals surface area contributed by atoms with Gasteiger partial charge in [-0.05, 0) is 84.7 Å². The molecule has 4 nitrogen and oxygen atoms in total. The minimum atomic E-state index is 0.203. The molecule has 0 saturated heterocycles. The molecule has 1 aliphatic rings. The highest BCUT2D eigenvalue weighted by atomic mass is 16.3. The Morgan fingerprint density at radius 3 is 1.35 bits per heavy atom. The molecule has 1 aliphatic carbocycles. The molecule has 184 valence electrons. The summed E-state index contributed by atoms with van der Waals surface area (Å²) < 4.78 is 0. The molecular formula is C30H42N2O2. The van der Waals surface area contributed by atoms with Gasteiger partial charge in [0.15, 0.2) is 0 Å². The van der Waals surface area contributed by atoms with Crippen molar-refractivity contribution >= 4 is 12.4 Å². The van der Waals surface area contributed by atoms with Crippen LogP contribution in [0.5, 0.6) is 11.5 Å². The molecule has 2 aromatic carbocycles. The maximum atomic E-state index is 10.3. The van der Waals surface area contributed by atoms with Crippen LogP contribution >= 0.6 is 0 Å². The zero-order valence-corrected chi connectivity index (χ0v) is 21.8. The molecule has 34 heavy (non-hydrogen) atoms. The molecule has 0 bridgehead atoms. The van der Waals surface area contributed by atoms with Crippen LogP contribution in [0.3, 0.4) is 0 Å². The van der Waals surface area contributed by atoms with Crippen molar-refractivity contribution in [3.8, 4) is 11.5 Å². The van der Waals surface area contributed by atoms with Gasteiger partial charge in [-0.3, -0.25) is 9.98 Å². The quantitative estimate of drug-likeness (QED) is 0.449. The second kappa shape index (κ2) is 10.8. The normalized spacial score (nSPS) is 19.8. The van der Waals surface area contributed by atoms with Crippen molar-refractivity contribution in [3.63, 3.8) is 0 Å². The van der Waals surface area contributed by atoms with E-state index in [1.807, 2.05) is 24.6 Å². The Morgan fingerprint density at radius 2 is 1.03 bits per heavy atom. The average Bonchev–Trinajstić information content (AvgIpc) is 2.73. The maximum Gasteiger partial charge on any atom is 0.124 e. The lowest BCUT2D eigenvalue weighted by atomic mass is 9.87. The van der Waals surface area contributed by atoms with Gasteiger partial charge in [0.25, 0.3) is 0 Å². The van der Waals surface area contributed by atoms with Crippen LogP contribution in [0, 0.1) is 10.8 Å². The van der Waals surface area contributed by atoms with Crippen LogP contribution in [-0.4, -0.2) is 34.7 Å². The molecule has 0 spiro atoms. The average molecular weight is 463 g/mol. The fourth-order valence-corrected chi connectivity index (χ4v) is 4.59. The van der Waals surface area contributed by atoms with Gasteiger partial charge in [0.1, 0.15) is 11.5 Å². The van der Waals surface area contributed by atoms with Crippen LogP contribution in [0.1, 0.15) is 89.5 Å². The topological polar surface area (TPSA) is 65.2 Å². The van der Waals surface area contributed by atoms with Gasteiger partial charge in [-0.2, -0.15) is 0 Å². The molecule has 4 heteroatoms. The molecule has 0 amide bonds. The summed E-state index contributed by atoms with van der Waals surface area (Å²) in [6, 6.07) is 12.2. The Balaban J connectivity index is 1.57. The van der Waals surface area contributed by atoms with E-state index in [0.29, 0.717) is 0 Å². The summed E-state index contributed by atoms with van der Waals surface area (Å²) in [7, 11) is 0. The van der Waals surface area contributed by atoms with Crippen molar-refractivity contribution in [1.29, 1.82) is 0 Å². The zero-order valence-electron chi connectivity index (χ0n) is 21.8. The number of aromatic hydroxyl groups is 2. The summed E-state index contributed by atoms with van der Waals surface area (Å²) in [4.78, 5) is 9.57. The summed E-state index contributed by atoms with van der Waals surface area (Å²) in [5.41, 5.74) is 4.45. The van der Waals surface area contributed by atoms with Gasteiger partial charge in [0, 0.05) is 23.6 Å². The molecule has 2 aromatic rings. The van der Waals surface area contributed by atoms with Crippen LogP contribution in [0.2, 0.25) is 0 Å². The minimum Gasteiger partial charge on any atom is -0.507 e.